The number of carbonyl (C=O) groups is 3. The number of carbonyl (C=O) groups excluding carboxylic acids is 3. The monoisotopic (exact) mass is 341 g/mol. The van der Waals surface area contributed by atoms with Crippen molar-refractivity contribution in [1.29, 1.82) is 0 Å². The van der Waals surface area contributed by atoms with Crippen LogP contribution in [0, 0.1) is 0 Å². The Balaban J connectivity index is 2.65. The number of hydrogen-bond acceptors (Lipinski definition) is 4. The Hall–Kier alpha value is -2.28. The summed E-state index contributed by atoms with van der Waals surface area (Å²) in [7, 11) is 1.29. The minimum absolute atomic E-state index is 0.0690. The first-order chi connectivity index (χ1) is 10.9. The van der Waals surface area contributed by atoms with Gasteiger partial charge in [-0.05, 0) is 18.2 Å². The van der Waals surface area contributed by atoms with Gasteiger partial charge in [0.2, 0.25) is 5.91 Å². The second-order valence-corrected chi connectivity index (χ2v) is 5.17. The van der Waals surface area contributed by atoms with Crippen molar-refractivity contribution in [2.75, 3.05) is 32.1 Å². The van der Waals surface area contributed by atoms with Crippen LogP contribution in [0.25, 0.3) is 0 Å². The van der Waals surface area contributed by atoms with Gasteiger partial charge >= 0.3 is 12.0 Å². The molecule has 23 heavy (non-hydrogen) atoms. The molecule has 1 aromatic carbocycles. The number of methoxy groups -OCH3 is 1. The van der Waals surface area contributed by atoms with Gasteiger partial charge in [-0.3, -0.25) is 9.59 Å². The van der Waals surface area contributed by atoms with E-state index in [1.54, 1.807) is 24.3 Å². The van der Waals surface area contributed by atoms with Crippen LogP contribution in [0.2, 0.25) is 5.02 Å². The molecule has 8 heteroatoms. The summed E-state index contributed by atoms with van der Waals surface area (Å²) >= 11 is 5.87. The average molecular weight is 342 g/mol. The highest BCUT2D eigenvalue weighted by Crippen LogP contribution is 2.15. The Morgan fingerprint density at radius 2 is 2.00 bits per heavy atom. The number of halogens is 1. The van der Waals surface area contributed by atoms with Crippen LogP contribution in [0.1, 0.15) is 13.3 Å². The molecule has 0 heterocycles. The lowest BCUT2D eigenvalue weighted by atomic mass is 10.3. The van der Waals surface area contributed by atoms with Crippen molar-refractivity contribution in [3.05, 3.63) is 29.3 Å². The molecular formula is C15H20ClN3O4. The molecule has 0 bridgehead atoms. The van der Waals surface area contributed by atoms with Gasteiger partial charge in [-0.25, -0.2) is 4.79 Å². The minimum Gasteiger partial charge on any atom is -0.469 e. The van der Waals surface area contributed by atoms with Gasteiger partial charge in [0.05, 0.1) is 13.5 Å². The molecule has 0 saturated heterocycles. The Labute approximate surface area is 139 Å². The standard InChI is InChI=1S/C15H20ClN3O4/c1-11(20)17-7-9-19(8-6-14(21)23-2)15(22)18-13-5-3-4-12(16)10-13/h3-5,10H,6-9H2,1-2H3,(H,17,20)(H,18,22). The summed E-state index contributed by atoms with van der Waals surface area (Å²) in [6, 6.07) is 6.35. The van der Waals surface area contributed by atoms with E-state index in [0.717, 1.165) is 0 Å². The first kappa shape index (κ1) is 18.8. The predicted molar refractivity (Wildman–Crippen MR) is 87.4 cm³/mol. The van der Waals surface area contributed by atoms with Crippen molar-refractivity contribution in [2.24, 2.45) is 0 Å². The number of amides is 3. The summed E-state index contributed by atoms with van der Waals surface area (Å²) in [6.07, 6.45) is 0.0690. The second-order valence-electron chi connectivity index (χ2n) is 4.74. The third-order valence-corrected chi connectivity index (χ3v) is 3.17. The number of ether oxygens (including phenoxy) is 1. The van der Waals surface area contributed by atoms with Gasteiger partial charge in [0, 0.05) is 37.3 Å². The van der Waals surface area contributed by atoms with E-state index in [-0.39, 0.29) is 31.4 Å². The molecule has 1 rings (SSSR count). The highest BCUT2D eigenvalue weighted by Gasteiger charge is 2.15. The molecule has 0 aliphatic heterocycles. The van der Waals surface area contributed by atoms with Crippen LogP contribution in [0.3, 0.4) is 0 Å². The van der Waals surface area contributed by atoms with Crippen LogP contribution in [-0.2, 0) is 14.3 Å². The normalized spacial score (nSPS) is 9.87. The Morgan fingerprint density at radius 3 is 2.61 bits per heavy atom. The van der Waals surface area contributed by atoms with Gasteiger partial charge in [0.1, 0.15) is 0 Å². The summed E-state index contributed by atoms with van der Waals surface area (Å²) in [5.41, 5.74) is 0.546. The highest BCUT2D eigenvalue weighted by molar-refractivity contribution is 6.30. The van der Waals surface area contributed by atoms with Gasteiger partial charge in [-0.1, -0.05) is 17.7 Å². The van der Waals surface area contributed by atoms with Crippen molar-refractivity contribution < 1.29 is 19.1 Å². The lowest BCUT2D eigenvalue weighted by Gasteiger charge is -2.23. The maximum Gasteiger partial charge on any atom is 0.321 e. The predicted octanol–water partition coefficient (Wildman–Crippen LogP) is 1.87. The number of rotatable bonds is 7. The van der Waals surface area contributed by atoms with Gasteiger partial charge in [-0.2, -0.15) is 0 Å². The second kappa shape index (κ2) is 9.68. The molecule has 7 nitrogen and oxygen atoms in total. The lowest BCUT2D eigenvalue weighted by Crippen LogP contribution is -2.41. The molecule has 126 valence electrons. The first-order valence-electron chi connectivity index (χ1n) is 7.05. The van der Waals surface area contributed by atoms with E-state index in [4.69, 9.17) is 11.6 Å². The smallest absolute Gasteiger partial charge is 0.321 e. The van der Waals surface area contributed by atoms with E-state index in [0.29, 0.717) is 17.3 Å². The third-order valence-electron chi connectivity index (χ3n) is 2.93. The number of urea groups is 1. The topological polar surface area (TPSA) is 87.7 Å². The van der Waals surface area contributed by atoms with Crippen LogP contribution < -0.4 is 10.6 Å². The van der Waals surface area contributed by atoms with Crippen molar-refractivity contribution in [1.82, 2.24) is 10.2 Å². The van der Waals surface area contributed by atoms with Gasteiger partial charge in [0.15, 0.2) is 0 Å². The quantitative estimate of drug-likeness (QED) is 0.741. The Bertz CT molecular complexity index is 565. The summed E-state index contributed by atoms with van der Waals surface area (Å²) < 4.78 is 4.57. The summed E-state index contributed by atoms with van der Waals surface area (Å²) in [5.74, 6) is -0.599. The molecule has 0 radical (unpaired) electrons. The average Bonchev–Trinajstić information content (AvgIpc) is 2.49. The fourth-order valence-corrected chi connectivity index (χ4v) is 1.97. The molecule has 3 amide bonds. The van der Waals surface area contributed by atoms with Crippen LogP contribution in [-0.4, -0.2) is 49.6 Å². The van der Waals surface area contributed by atoms with Crippen molar-refractivity contribution in [2.45, 2.75) is 13.3 Å². The zero-order chi connectivity index (χ0) is 17.2. The summed E-state index contributed by atoms with van der Waals surface area (Å²) in [5, 5.41) is 5.81. The highest BCUT2D eigenvalue weighted by atomic mass is 35.5. The van der Waals surface area contributed by atoms with Gasteiger partial charge in [-0.15, -0.1) is 0 Å². The number of nitrogens with zero attached hydrogens (tertiary/aromatic N) is 1. The van der Waals surface area contributed by atoms with E-state index >= 15 is 0 Å². The fourth-order valence-electron chi connectivity index (χ4n) is 1.78. The Morgan fingerprint density at radius 1 is 1.26 bits per heavy atom. The molecular weight excluding hydrogens is 322 g/mol. The number of nitrogens with one attached hydrogen (secondary N) is 2. The number of esters is 1. The molecule has 0 unspecified atom stereocenters. The van der Waals surface area contributed by atoms with Gasteiger partial charge < -0.3 is 20.3 Å². The zero-order valence-corrected chi connectivity index (χ0v) is 13.9. The van der Waals surface area contributed by atoms with Crippen molar-refractivity contribution in [3.8, 4) is 0 Å². The van der Waals surface area contributed by atoms with Crippen LogP contribution >= 0.6 is 11.6 Å². The molecule has 0 aromatic heterocycles. The molecule has 0 fully saturated rings. The Kier molecular flexibility index (Phi) is 7.90. The first-order valence-corrected chi connectivity index (χ1v) is 7.43. The number of benzene rings is 1. The van der Waals surface area contributed by atoms with Crippen LogP contribution in [0.4, 0.5) is 10.5 Å². The van der Waals surface area contributed by atoms with E-state index in [2.05, 4.69) is 15.4 Å². The van der Waals surface area contributed by atoms with Crippen LogP contribution in [0.15, 0.2) is 24.3 Å². The maximum absolute atomic E-state index is 12.3. The molecule has 0 atom stereocenters. The maximum atomic E-state index is 12.3. The largest absolute Gasteiger partial charge is 0.469 e. The summed E-state index contributed by atoms with van der Waals surface area (Å²) in [6.45, 7) is 2.13. The third kappa shape index (κ3) is 7.51. The number of hydrogen-bond donors (Lipinski definition) is 2. The minimum atomic E-state index is -0.412. The fraction of sp³-hybridized carbons (Fsp3) is 0.400. The molecule has 0 spiro atoms. The number of anilines is 1. The van der Waals surface area contributed by atoms with Gasteiger partial charge in [0.25, 0.3) is 0 Å². The molecule has 2 N–H and O–H groups in total. The summed E-state index contributed by atoms with van der Waals surface area (Å²) in [4.78, 5) is 35.9. The van der Waals surface area contributed by atoms with Crippen molar-refractivity contribution >= 4 is 35.2 Å². The van der Waals surface area contributed by atoms with E-state index in [1.165, 1.54) is 18.9 Å². The van der Waals surface area contributed by atoms with E-state index in [1.807, 2.05) is 0 Å². The zero-order valence-electron chi connectivity index (χ0n) is 13.1. The molecule has 1 aromatic rings. The SMILES string of the molecule is COC(=O)CCN(CCNC(C)=O)C(=O)Nc1cccc(Cl)c1. The molecule has 0 saturated carbocycles. The lowest BCUT2D eigenvalue weighted by molar-refractivity contribution is -0.140. The molecule has 0 aliphatic carbocycles. The van der Waals surface area contributed by atoms with E-state index < -0.39 is 5.97 Å². The molecule has 0 aliphatic rings. The van der Waals surface area contributed by atoms with E-state index in [9.17, 15) is 14.4 Å². The van der Waals surface area contributed by atoms with Crippen LogP contribution in [0.5, 0.6) is 0 Å². The van der Waals surface area contributed by atoms with Crippen molar-refractivity contribution in [3.63, 3.8) is 0 Å².